The van der Waals surface area contributed by atoms with Crippen LogP contribution in [0.2, 0.25) is 0 Å². The predicted octanol–water partition coefficient (Wildman–Crippen LogP) is 3.56. The molecule has 10 nitrogen and oxygen atoms in total. The van der Waals surface area contributed by atoms with Crippen LogP contribution in [0.25, 0.3) is 28.2 Å². The first-order valence-electron chi connectivity index (χ1n) is 11.0. The van der Waals surface area contributed by atoms with Crippen LogP contribution in [-0.4, -0.2) is 58.1 Å². The minimum absolute atomic E-state index is 0.178. The van der Waals surface area contributed by atoms with Crippen molar-refractivity contribution in [3.05, 3.63) is 60.4 Å². The number of imidazole rings is 1. The Kier molecular flexibility index (Phi) is 6.07. The smallest absolute Gasteiger partial charge is 0.419 e. The molecular weight excluding hydrogens is 493 g/mol. The van der Waals surface area contributed by atoms with Crippen LogP contribution in [0.3, 0.4) is 0 Å². The molecule has 4 aromatic rings. The number of amides is 1. The zero-order valence-electron chi connectivity index (χ0n) is 19.5. The van der Waals surface area contributed by atoms with E-state index in [9.17, 15) is 18.0 Å². The number of benzene rings is 1. The fraction of sp³-hybridized carbons (Fsp3) is 0.250. The van der Waals surface area contributed by atoms with Crippen molar-refractivity contribution in [1.82, 2.24) is 24.9 Å². The topological polar surface area (TPSA) is 126 Å². The second-order valence-electron chi connectivity index (χ2n) is 8.49. The van der Waals surface area contributed by atoms with Crippen LogP contribution >= 0.6 is 0 Å². The lowest BCUT2D eigenvalue weighted by Gasteiger charge is -2.40. The molecule has 0 saturated carbocycles. The van der Waals surface area contributed by atoms with Gasteiger partial charge in [0.25, 0.3) is 0 Å². The van der Waals surface area contributed by atoms with Crippen LogP contribution in [0.4, 0.5) is 23.8 Å². The predicted molar refractivity (Wildman–Crippen MR) is 126 cm³/mol. The third kappa shape index (κ3) is 4.85. The third-order valence-electron chi connectivity index (χ3n) is 5.86. The molecule has 0 spiro atoms. The number of aromatic nitrogens is 4. The molecule has 37 heavy (non-hydrogen) atoms. The van der Waals surface area contributed by atoms with Crippen molar-refractivity contribution < 1.29 is 32.2 Å². The number of nitrogen functional groups attached to an aromatic ring is 1. The summed E-state index contributed by atoms with van der Waals surface area (Å²) in [5.41, 5.74) is 6.02. The zero-order chi connectivity index (χ0) is 26.2. The van der Waals surface area contributed by atoms with Gasteiger partial charge in [-0.1, -0.05) is 0 Å². The molecule has 0 bridgehead atoms. The lowest BCUT2D eigenvalue weighted by atomic mass is 9.99. The van der Waals surface area contributed by atoms with E-state index in [4.69, 9.17) is 15.2 Å². The van der Waals surface area contributed by atoms with Gasteiger partial charge in [-0.05, 0) is 42.5 Å². The van der Waals surface area contributed by atoms with Crippen LogP contribution in [-0.2, 0) is 15.7 Å². The number of anilines is 1. The highest BCUT2D eigenvalue weighted by atomic mass is 19.4. The number of methoxy groups -OCH3 is 1. The van der Waals surface area contributed by atoms with Gasteiger partial charge < -0.3 is 25.3 Å². The van der Waals surface area contributed by atoms with E-state index >= 15 is 0 Å². The van der Waals surface area contributed by atoms with Crippen molar-refractivity contribution in [2.75, 3.05) is 32.7 Å². The largest absolute Gasteiger partial charge is 0.491 e. The third-order valence-corrected chi connectivity index (χ3v) is 5.86. The summed E-state index contributed by atoms with van der Waals surface area (Å²) in [5, 5.41) is 7.30. The van der Waals surface area contributed by atoms with E-state index in [-0.39, 0.29) is 12.2 Å². The van der Waals surface area contributed by atoms with Crippen molar-refractivity contribution in [2.45, 2.75) is 11.7 Å². The molecule has 0 unspecified atom stereocenters. The normalized spacial score (nSPS) is 14.7. The first kappa shape index (κ1) is 24.3. The number of pyridine rings is 1. The monoisotopic (exact) mass is 514 g/mol. The Morgan fingerprint density at radius 3 is 2.54 bits per heavy atom. The summed E-state index contributed by atoms with van der Waals surface area (Å²) in [6, 6.07) is 11.5. The summed E-state index contributed by atoms with van der Waals surface area (Å²) in [5.74, 6) is -0.0309. The maximum atomic E-state index is 13.3. The molecule has 1 fully saturated rings. The van der Waals surface area contributed by atoms with Gasteiger partial charge in [0, 0.05) is 17.3 Å². The van der Waals surface area contributed by atoms with Crippen LogP contribution in [0.15, 0.2) is 54.9 Å². The van der Waals surface area contributed by atoms with Crippen LogP contribution in [0.1, 0.15) is 5.56 Å². The molecule has 1 aliphatic rings. The second-order valence-corrected chi connectivity index (χ2v) is 8.49. The van der Waals surface area contributed by atoms with Crippen molar-refractivity contribution in [2.24, 2.45) is 0 Å². The Hall–Kier alpha value is -4.39. The lowest BCUT2D eigenvalue weighted by Crippen LogP contribution is -2.65. The maximum Gasteiger partial charge on any atom is 0.419 e. The Labute approximate surface area is 208 Å². The van der Waals surface area contributed by atoms with Gasteiger partial charge in [0.15, 0.2) is 5.65 Å². The molecule has 13 heteroatoms. The number of hydrogen-bond donors (Lipinski definition) is 2. The Balaban J connectivity index is 1.37. The molecule has 1 saturated heterocycles. The Morgan fingerprint density at radius 1 is 1.14 bits per heavy atom. The van der Waals surface area contributed by atoms with Crippen LogP contribution < -0.4 is 15.8 Å². The van der Waals surface area contributed by atoms with Crippen molar-refractivity contribution in [3.63, 3.8) is 0 Å². The lowest BCUT2D eigenvalue weighted by molar-refractivity contribution is -0.137. The SMILES string of the molecule is COC(=O)NC1(COc2ccc(-c3ccc4ncc(-c5cnc(N)c(C(F)(F)F)c5)n4n3)cc2)COC1. The van der Waals surface area contributed by atoms with E-state index < -0.39 is 29.2 Å². The number of carbonyl (C=O) groups excluding carboxylic acids is 1. The number of nitrogens with one attached hydrogen (secondary N) is 1. The molecule has 192 valence electrons. The highest BCUT2D eigenvalue weighted by Crippen LogP contribution is 2.35. The van der Waals surface area contributed by atoms with Crippen LogP contribution in [0, 0.1) is 0 Å². The number of alkyl carbamates (subject to hydrolysis) is 1. The number of nitrogens with two attached hydrogens (primary N) is 1. The van der Waals surface area contributed by atoms with E-state index in [0.717, 1.165) is 11.6 Å². The number of ether oxygens (including phenoxy) is 3. The summed E-state index contributed by atoms with van der Waals surface area (Å²) in [6.45, 7) is 0.816. The number of carbonyl (C=O) groups is 1. The fourth-order valence-electron chi connectivity index (χ4n) is 3.82. The summed E-state index contributed by atoms with van der Waals surface area (Å²) >= 11 is 0. The summed E-state index contributed by atoms with van der Waals surface area (Å²) < 4.78 is 57.1. The number of fused-ring (bicyclic) bond motifs is 1. The average molecular weight is 514 g/mol. The zero-order valence-corrected chi connectivity index (χ0v) is 19.5. The minimum Gasteiger partial charge on any atom is -0.491 e. The molecule has 3 aromatic heterocycles. The number of alkyl halides is 3. The van der Waals surface area contributed by atoms with Crippen molar-refractivity contribution in [1.29, 1.82) is 0 Å². The standard InChI is InChI=1S/C24H21F3N6O4/c1-35-22(34)31-23(11-36-12-23)13-37-16-4-2-14(3-5-16)18-6-7-20-29-10-19(33(20)32-18)15-8-17(24(25,26)27)21(28)30-9-15/h2-10H,11-13H2,1H3,(H2,28,30)(H,31,34). The summed E-state index contributed by atoms with van der Waals surface area (Å²) in [7, 11) is 1.28. The summed E-state index contributed by atoms with van der Waals surface area (Å²) in [6.07, 6.45) is -2.52. The first-order valence-corrected chi connectivity index (χ1v) is 11.0. The second kappa shape index (κ2) is 9.24. The molecule has 5 rings (SSSR count). The highest BCUT2D eigenvalue weighted by Gasteiger charge is 2.41. The molecule has 1 aliphatic heterocycles. The van der Waals surface area contributed by atoms with E-state index in [1.807, 2.05) is 0 Å². The first-order chi connectivity index (χ1) is 17.7. The van der Waals surface area contributed by atoms with Crippen molar-refractivity contribution >= 4 is 17.6 Å². The highest BCUT2D eigenvalue weighted by molar-refractivity contribution is 5.69. The van der Waals surface area contributed by atoms with Gasteiger partial charge in [0.05, 0.1) is 43.5 Å². The number of halogens is 3. The summed E-state index contributed by atoms with van der Waals surface area (Å²) in [4.78, 5) is 19.5. The van der Waals surface area contributed by atoms with E-state index in [0.29, 0.717) is 36.0 Å². The van der Waals surface area contributed by atoms with E-state index in [1.54, 1.807) is 36.4 Å². The van der Waals surface area contributed by atoms with Gasteiger partial charge in [-0.2, -0.15) is 18.3 Å². The number of rotatable bonds is 6. The quantitative estimate of drug-likeness (QED) is 0.400. The van der Waals surface area contributed by atoms with Gasteiger partial charge in [-0.25, -0.2) is 19.3 Å². The van der Waals surface area contributed by atoms with Gasteiger partial charge in [0.2, 0.25) is 0 Å². The van der Waals surface area contributed by atoms with Gasteiger partial charge in [-0.3, -0.25) is 0 Å². The van der Waals surface area contributed by atoms with E-state index in [1.165, 1.54) is 24.0 Å². The molecule has 0 radical (unpaired) electrons. The number of nitrogens with zero attached hydrogens (tertiary/aromatic N) is 4. The Morgan fingerprint density at radius 2 is 1.89 bits per heavy atom. The number of hydrogen-bond acceptors (Lipinski definition) is 8. The molecular formula is C24H21F3N6O4. The van der Waals surface area contributed by atoms with Gasteiger partial charge >= 0.3 is 12.3 Å². The van der Waals surface area contributed by atoms with Gasteiger partial charge in [0.1, 0.15) is 23.7 Å². The molecule has 1 amide bonds. The molecule has 0 atom stereocenters. The van der Waals surface area contributed by atoms with Crippen molar-refractivity contribution in [3.8, 4) is 28.3 Å². The molecule has 1 aromatic carbocycles. The average Bonchev–Trinajstić information content (AvgIpc) is 3.28. The Bertz CT molecular complexity index is 1450. The van der Waals surface area contributed by atoms with Gasteiger partial charge in [-0.15, -0.1) is 0 Å². The van der Waals surface area contributed by atoms with E-state index in [2.05, 4.69) is 25.1 Å². The molecule has 4 heterocycles. The molecule has 3 N–H and O–H groups in total. The minimum atomic E-state index is -4.64. The van der Waals surface area contributed by atoms with Crippen LogP contribution in [0.5, 0.6) is 5.75 Å². The fourth-order valence-corrected chi connectivity index (χ4v) is 3.82. The molecule has 0 aliphatic carbocycles. The maximum absolute atomic E-state index is 13.3.